The quantitative estimate of drug-likeness (QED) is 0.360. The Hall–Kier alpha value is 0.337. The molecule has 0 aromatic heterocycles. The van der Waals surface area contributed by atoms with Crippen molar-refractivity contribution in [2.24, 2.45) is 0 Å². The summed E-state index contributed by atoms with van der Waals surface area (Å²) in [5.74, 6) is 0. The van der Waals surface area contributed by atoms with E-state index in [1.807, 2.05) is 0 Å². The van der Waals surface area contributed by atoms with E-state index >= 15 is 0 Å². The Labute approximate surface area is 180 Å². The first-order valence-electron chi connectivity index (χ1n) is 9.14. The standard InChI is InChI=1S/C21H30Si2.2ClH.Zr/c1-14-9-16-11-17-10-15(2)21(23(6,7)8)13-19(17)18(16)12-20(14)22(3,4)5;;;/h9-10,12-13H,11H2,1-8H3;2*1H;/q;;;+2/p-2. The first-order valence-corrected chi connectivity index (χ1v) is 22.5. The van der Waals surface area contributed by atoms with E-state index in [0.29, 0.717) is 0 Å². The fourth-order valence-electron chi connectivity index (χ4n) is 4.15. The fourth-order valence-corrected chi connectivity index (χ4v) is 7.82. The summed E-state index contributed by atoms with van der Waals surface area (Å²) >= 11 is -0.826. The van der Waals surface area contributed by atoms with Gasteiger partial charge in [-0.15, -0.1) is 0 Å². The van der Waals surface area contributed by atoms with Gasteiger partial charge in [0.2, 0.25) is 0 Å². The molecule has 0 radical (unpaired) electrons. The SMILES string of the molecule is Cc1cc2c(cc1[Si](C)(C)C)-c1cc([Si](C)(C)C)c(C)cc1C2.[Cl][Zr][Cl]. The van der Waals surface area contributed by atoms with Gasteiger partial charge < -0.3 is 0 Å². The topological polar surface area (TPSA) is 0 Å². The van der Waals surface area contributed by atoms with Crippen molar-refractivity contribution in [3.05, 3.63) is 46.5 Å². The minimum atomic E-state index is -1.29. The number of hydrogen-bond acceptors (Lipinski definition) is 0. The summed E-state index contributed by atoms with van der Waals surface area (Å²) < 4.78 is 0. The van der Waals surface area contributed by atoms with Crippen molar-refractivity contribution < 1.29 is 20.8 Å². The molecule has 0 unspecified atom stereocenters. The van der Waals surface area contributed by atoms with Crippen LogP contribution in [0.5, 0.6) is 0 Å². The van der Waals surface area contributed by atoms with Gasteiger partial charge in [0.15, 0.2) is 0 Å². The van der Waals surface area contributed by atoms with Gasteiger partial charge in [0.1, 0.15) is 0 Å². The Morgan fingerprint density at radius 3 is 1.27 bits per heavy atom. The second kappa shape index (κ2) is 8.37. The molecule has 0 amide bonds. The monoisotopic (exact) mass is 498 g/mol. The van der Waals surface area contributed by atoms with Gasteiger partial charge in [-0.1, -0.05) is 85.0 Å². The minimum absolute atomic E-state index is 0.826. The van der Waals surface area contributed by atoms with Crippen LogP contribution in [-0.4, -0.2) is 16.1 Å². The zero-order valence-electron chi connectivity index (χ0n) is 17.3. The predicted octanol–water partition coefficient (Wildman–Crippen LogP) is 6.34. The summed E-state index contributed by atoms with van der Waals surface area (Å²) in [6.45, 7) is 19.4. The van der Waals surface area contributed by atoms with Crippen molar-refractivity contribution in [2.75, 3.05) is 0 Å². The molecule has 0 saturated heterocycles. The molecule has 0 bridgehead atoms. The molecule has 2 aromatic carbocycles. The third kappa shape index (κ3) is 4.84. The predicted molar refractivity (Wildman–Crippen MR) is 122 cm³/mol. The van der Waals surface area contributed by atoms with Crippen LogP contribution in [0.3, 0.4) is 0 Å². The summed E-state index contributed by atoms with van der Waals surface area (Å²) in [6.07, 6.45) is 1.12. The van der Waals surface area contributed by atoms with Gasteiger partial charge >= 0.3 is 37.9 Å². The van der Waals surface area contributed by atoms with Crippen LogP contribution in [0.25, 0.3) is 11.1 Å². The van der Waals surface area contributed by atoms with Crippen LogP contribution in [0, 0.1) is 13.8 Å². The summed E-state index contributed by atoms with van der Waals surface area (Å²) in [7, 11) is 7.28. The van der Waals surface area contributed by atoms with Crippen molar-refractivity contribution in [2.45, 2.75) is 59.6 Å². The van der Waals surface area contributed by atoms with Gasteiger partial charge in [-0.05, 0) is 42.5 Å². The molecule has 0 spiro atoms. The van der Waals surface area contributed by atoms with Crippen LogP contribution in [0.4, 0.5) is 0 Å². The molecule has 0 aliphatic heterocycles. The summed E-state index contributed by atoms with van der Waals surface area (Å²) in [6, 6.07) is 10.00. The average Bonchev–Trinajstić information content (AvgIpc) is 2.80. The van der Waals surface area contributed by atoms with E-state index < -0.39 is 37.0 Å². The molecule has 5 heteroatoms. The van der Waals surface area contributed by atoms with Crippen LogP contribution in [0.1, 0.15) is 22.3 Å². The summed E-state index contributed by atoms with van der Waals surface area (Å²) in [5, 5.41) is 3.25. The van der Waals surface area contributed by atoms with Crippen molar-refractivity contribution in [1.29, 1.82) is 0 Å². The van der Waals surface area contributed by atoms with Gasteiger partial charge in [0, 0.05) is 0 Å². The molecule has 1 aliphatic rings. The van der Waals surface area contributed by atoms with Crippen LogP contribution in [0.15, 0.2) is 24.3 Å². The summed E-state index contributed by atoms with van der Waals surface area (Å²) in [4.78, 5) is 0. The number of benzene rings is 2. The fraction of sp³-hybridized carbons (Fsp3) is 0.429. The van der Waals surface area contributed by atoms with Gasteiger partial charge in [-0.3, -0.25) is 0 Å². The van der Waals surface area contributed by atoms with E-state index in [2.05, 4.69) is 77.4 Å². The van der Waals surface area contributed by atoms with Crippen molar-refractivity contribution in [1.82, 2.24) is 0 Å². The molecule has 0 saturated carbocycles. The number of hydrogen-bond donors (Lipinski definition) is 0. The molecule has 3 rings (SSSR count). The van der Waals surface area contributed by atoms with Crippen molar-refractivity contribution >= 4 is 43.5 Å². The summed E-state index contributed by atoms with van der Waals surface area (Å²) in [5.41, 5.74) is 9.10. The second-order valence-electron chi connectivity index (χ2n) is 9.40. The Morgan fingerprint density at radius 1 is 0.692 bits per heavy atom. The number of rotatable bonds is 2. The molecule has 0 nitrogen and oxygen atoms in total. The Balaban J connectivity index is 0.000000758. The molecule has 0 heterocycles. The molecule has 2 aromatic rings. The normalized spacial score (nSPS) is 12.8. The van der Waals surface area contributed by atoms with Crippen molar-refractivity contribution in [3.8, 4) is 11.1 Å². The van der Waals surface area contributed by atoms with Gasteiger partial charge in [0.25, 0.3) is 0 Å². The third-order valence-corrected chi connectivity index (χ3v) is 9.50. The number of fused-ring (bicyclic) bond motifs is 3. The maximum absolute atomic E-state index is 4.93. The molecule has 0 N–H and O–H groups in total. The Bertz CT molecular complexity index is 751. The van der Waals surface area contributed by atoms with Crippen molar-refractivity contribution in [3.63, 3.8) is 0 Å². The molecule has 1 aliphatic carbocycles. The van der Waals surface area contributed by atoms with E-state index in [4.69, 9.17) is 17.0 Å². The van der Waals surface area contributed by atoms with Gasteiger partial charge in [-0.2, -0.15) is 0 Å². The van der Waals surface area contributed by atoms with Crippen LogP contribution in [0.2, 0.25) is 39.3 Å². The molecular formula is C21H30Cl2Si2Zr. The zero-order valence-corrected chi connectivity index (χ0v) is 23.2. The van der Waals surface area contributed by atoms with Gasteiger partial charge in [0.05, 0.1) is 16.1 Å². The first kappa shape index (κ1) is 22.6. The molecule has 140 valence electrons. The average molecular weight is 501 g/mol. The van der Waals surface area contributed by atoms with E-state index in [1.165, 1.54) is 33.4 Å². The molecular weight excluding hydrogens is 471 g/mol. The number of aryl methyl sites for hydroxylation is 2. The molecule has 0 fully saturated rings. The van der Waals surface area contributed by atoms with Crippen LogP contribution >= 0.6 is 17.0 Å². The van der Waals surface area contributed by atoms with E-state index in [-0.39, 0.29) is 0 Å². The Kier molecular flexibility index (Phi) is 7.29. The first-order chi connectivity index (χ1) is 11.9. The molecule has 0 atom stereocenters. The Morgan fingerprint density at radius 2 is 1.00 bits per heavy atom. The van der Waals surface area contributed by atoms with Crippen LogP contribution < -0.4 is 10.4 Å². The number of halogens is 2. The van der Waals surface area contributed by atoms with E-state index in [9.17, 15) is 0 Å². The van der Waals surface area contributed by atoms with Crippen LogP contribution in [-0.2, 0) is 27.3 Å². The maximum atomic E-state index is 4.93. The zero-order chi connectivity index (χ0) is 19.9. The van der Waals surface area contributed by atoms with Gasteiger partial charge in [-0.25, -0.2) is 0 Å². The third-order valence-electron chi connectivity index (χ3n) is 5.19. The van der Waals surface area contributed by atoms with E-state index in [1.54, 1.807) is 10.4 Å². The van der Waals surface area contributed by atoms with E-state index in [0.717, 1.165) is 6.42 Å². The molecule has 26 heavy (non-hydrogen) atoms. The second-order valence-corrected chi connectivity index (χ2v) is 23.2.